The molecule has 1 saturated carbocycles. The van der Waals surface area contributed by atoms with Gasteiger partial charge in [0.15, 0.2) is 0 Å². The van der Waals surface area contributed by atoms with Gasteiger partial charge in [-0.05, 0) is 26.8 Å². The number of nitrogens with zero attached hydrogens (tertiary/aromatic N) is 3. The number of carbonyl (C=O) groups excluding carboxylic acids is 1. The van der Waals surface area contributed by atoms with Gasteiger partial charge in [0, 0.05) is 44.4 Å². The third-order valence-corrected chi connectivity index (χ3v) is 3.75. The second kappa shape index (κ2) is 5.45. The van der Waals surface area contributed by atoms with E-state index in [1.54, 1.807) is 0 Å². The number of likely N-dealkylation sites (N-methyl/N-ethyl adjacent to an activating group) is 1. The number of hydrogen-bond acceptors (Lipinski definition) is 3. The van der Waals surface area contributed by atoms with Gasteiger partial charge in [0.05, 0.1) is 0 Å². The summed E-state index contributed by atoms with van der Waals surface area (Å²) in [6.45, 7) is 4.03. The lowest BCUT2D eigenvalue weighted by molar-refractivity contribution is -0.121. The largest absolute Gasteiger partial charge is 0.334 e. The zero-order valence-corrected chi connectivity index (χ0v) is 10.7. The van der Waals surface area contributed by atoms with Crippen LogP contribution in [0.3, 0.4) is 0 Å². The summed E-state index contributed by atoms with van der Waals surface area (Å²) in [4.78, 5) is 17.8. The van der Waals surface area contributed by atoms with E-state index >= 15 is 0 Å². The topological polar surface area (TPSA) is 38.1 Å². The van der Waals surface area contributed by atoms with Crippen molar-refractivity contribution in [2.24, 2.45) is 0 Å². The maximum atomic E-state index is 11.2. The first kappa shape index (κ1) is 12.3. The number of ketones is 1. The van der Waals surface area contributed by atoms with Crippen LogP contribution in [0.1, 0.15) is 31.5 Å². The second-order valence-corrected chi connectivity index (χ2v) is 4.92. The molecule has 1 aliphatic rings. The summed E-state index contributed by atoms with van der Waals surface area (Å²) in [6, 6.07) is 0.580. The van der Waals surface area contributed by atoms with Crippen LogP contribution >= 0.6 is 0 Å². The number of imidazole rings is 1. The fourth-order valence-corrected chi connectivity index (χ4v) is 2.45. The molecule has 94 valence electrons. The van der Waals surface area contributed by atoms with Crippen molar-refractivity contribution in [2.45, 2.75) is 45.2 Å². The molecule has 1 heterocycles. The summed E-state index contributed by atoms with van der Waals surface area (Å²) in [5.41, 5.74) is 0. The minimum absolute atomic E-state index is 0.431. The van der Waals surface area contributed by atoms with Gasteiger partial charge in [-0.3, -0.25) is 4.79 Å². The van der Waals surface area contributed by atoms with E-state index in [1.807, 2.05) is 19.3 Å². The van der Waals surface area contributed by atoms with Crippen molar-refractivity contribution < 1.29 is 4.79 Å². The van der Waals surface area contributed by atoms with Gasteiger partial charge < -0.3 is 9.47 Å². The lowest BCUT2D eigenvalue weighted by Gasteiger charge is -2.30. The normalized spacial score (nSPS) is 17.9. The van der Waals surface area contributed by atoms with Gasteiger partial charge in [-0.1, -0.05) is 0 Å². The standard InChI is InChI=1S/C13H21N3O/c1-11-14-7-8-16(11)10-9-15(2)12-3-5-13(17)6-4-12/h7-8,12H,3-6,9-10H2,1-2H3. The second-order valence-electron chi connectivity index (χ2n) is 4.92. The first-order valence-electron chi connectivity index (χ1n) is 6.36. The van der Waals surface area contributed by atoms with Crippen molar-refractivity contribution in [3.63, 3.8) is 0 Å². The lowest BCUT2D eigenvalue weighted by atomic mass is 9.93. The van der Waals surface area contributed by atoms with Crippen molar-refractivity contribution in [1.29, 1.82) is 0 Å². The van der Waals surface area contributed by atoms with Crippen LogP contribution in [0.2, 0.25) is 0 Å². The molecule has 0 spiro atoms. The molecule has 1 aromatic rings. The monoisotopic (exact) mass is 235 g/mol. The van der Waals surface area contributed by atoms with Crippen LogP contribution in [0.5, 0.6) is 0 Å². The summed E-state index contributed by atoms with van der Waals surface area (Å²) >= 11 is 0. The van der Waals surface area contributed by atoms with Crippen LogP contribution in [0.25, 0.3) is 0 Å². The van der Waals surface area contributed by atoms with E-state index in [0.29, 0.717) is 11.8 Å². The minimum Gasteiger partial charge on any atom is -0.334 e. The predicted octanol–water partition coefficient (Wildman–Crippen LogP) is 1.64. The molecule has 0 aliphatic heterocycles. The summed E-state index contributed by atoms with van der Waals surface area (Å²) in [7, 11) is 2.16. The maximum absolute atomic E-state index is 11.2. The van der Waals surface area contributed by atoms with E-state index in [1.165, 1.54) is 0 Å². The molecule has 2 rings (SSSR count). The van der Waals surface area contributed by atoms with Crippen LogP contribution < -0.4 is 0 Å². The maximum Gasteiger partial charge on any atom is 0.133 e. The molecule has 1 aliphatic carbocycles. The van der Waals surface area contributed by atoms with Gasteiger partial charge in [0.1, 0.15) is 11.6 Å². The smallest absolute Gasteiger partial charge is 0.133 e. The molecule has 1 aromatic heterocycles. The third kappa shape index (κ3) is 3.16. The van der Waals surface area contributed by atoms with E-state index in [-0.39, 0.29) is 0 Å². The first-order chi connectivity index (χ1) is 8.16. The van der Waals surface area contributed by atoms with Gasteiger partial charge in [-0.25, -0.2) is 4.98 Å². The number of rotatable bonds is 4. The highest BCUT2D eigenvalue weighted by Crippen LogP contribution is 2.19. The molecule has 1 fully saturated rings. The summed E-state index contributed by atoms with van der Waals surface area (Å²) in [5.74, 6) is 1.50. The zero-order valence-electron chi connectivity index (χ0n) is 10.7. The molecule has 0 atom stereocenters. The fourth-order valence-electron chi connectivity index (χ4n) is 2.45. The van der Waals surface area contributed by atoms with Crippen LogP contribution in [0.4, 0.5) is 0 Å². The Morgan fingerprint density at radius 3 is 2.76 bits per heavy atom. The number of aromatic nitrogens is 2. The Morgan fingerprint density at radius 2 is 2.18 bits per heavy atom. The molecular formula is C13H21N3O. The molecule has 0 N–H and O–H groups in total. The van der Waals surface area contributed by atoms with Crippen LogP contribution in [-0.2, 0) is 11.3 Å². The molecule has 0 radical (unpaired) electrons. The average molecular weight is 235 g/mol. The predicted molar refractivity (Wildman–Crippen MR) is 66.9 cm³/mol. The fraction of sp³-hybridized carbons (Fsp3) is 0.692. The minimum atomic E-state index is 0.431. The molecule has 4 nitrogen and oxygen atoms in total. The van der Waals surface area contributed by atoms with E-state index in [2.05, 4.69) is 21.5 Å². The van der Waals surface area contributed by atoms with Crippen LogP contribution in [0, 0.1) is 6.92 Å². The molecule has 0 saturated heterocycles. The quantitative estimate of drug-likeness (QED) is 0.796. The van der Waals surface area contributed by atoms with Gasteiger partial charge in [0.2, 0.25) is 0 Å². The lowest BCUT2D eigenvalue weighted by Crippen LogP contribution is -2.37. The SMILES string of the molecule is Cc1nccn1CCN(C)C1CCC(=O)CC1. The summed E-state index contributed by atoms with van der Waals surface area (Å²) < 4.78 is 2.17. The highest BCUT2D eigenvalue weighted by Gasteiger charge is 2.21. The van der Waals surface area contributed by atoms with Crippen molar-refractivity contribution in [3.8, 4) is 0 Å². The Morgan fingerprint density at radius 1 is 1.47 bits per heavy atom. The average Bonchev–Trinajstić information content (AvgIpc) is 2.73. The van der Waals surface area contributed by atoms with Crippen LogP contribution in [0.15, 0.2) is 12.4 Å². The first-order valence-corrected chi connectivity index (χ1v) is 6.36. The Labute approximate surface area is 103 Å². The Kier molecular flexibility index (Phi) is 3.94. The van der Waals surface area contributed by atoms with Gasteiger partial charge in [-0.15, -0.1) is 0 Å². The van der Waals surface area contributed by atoms with E-state index in [9.17, 15) is 4.79 Å². The highest BCUT2D eigenvalue weighted by molar-refractivity contribution is 5.79. The highest BCUT2D eigenvalue weighted by atomic mass is 16.1. The zero-order chi connectivity index (χ0) is 12.3. The number of hydrogen-bond donors (Lipinski definition) is 0. The molecule has 0 unspecified atom stereocenters. The van der Waals surface area contributed by atoms with Gasteiger partial charge in [0.25, 0.3) is 0 Å². The molecule has 0 bridgehead atoms. The number of carbonyl (C=O) groups is 1. The molecule has 0 aromatic carbocycles. The molecule has 0 amide bonds. The van der Waals surface area contributed by atoms with E-state index in [4.69, 9.17) is 0 Å². The Bertz CT molecular complexity index is 376. The van der Waals surface area contributed by atoms with Crippen molar-refractivity contribution in [3.05, 3.63) is 18.2 Å². The molecule has 4 heteroatoms. The van der Waals surface area contributed by atoms with Crippen LogP contribution in [-0.4, -0.2) is 39.9 Å². The molecular weight excluding hydrogens is 214 g/mol. The third-order valence-electron chi connectivity index (χ3n) is 3.75. The Balaban J connectivity index is 1.79. The Hall–Kier alpha value is -1.16. The summed E-state index contributed by atoms with van der Waals surface area (Å²) in [5, 5.41) is 0. The van der Waals surface area contributed by atoms with Crippen molar-refractivity contribution in [1.82, 2.24) is 14.5 Å². The van der Waals surface area contributed by atoms with E-state index in [0.717, 1.165) is 44.6 Å². The van der Waals surface area contributed by atoms with Crippen molar-refractivity contribution in [2.75, 3.05) is 13.6 Å². The van der Waals surface area contributed by atoms with Gasteiger partial charge >= 0.3 is 0 Å². The molecule has 17 heavy (non-hydrogen) atoms. The van der Waals surface area contributed by atoms with Gasteiger partial charge in [-0.2, -0.15) is 0 Å². The van der Waals surface area contributed by atoms with Crippen molar-refractivity contribution >= 4 is 5.78 Å². The van der Waals surface area contributed by atoms with E-state index < -0.39 is 0 Å². The number of Topliss-reactive ketones (excluding diaryl/α,β-unsaturated/α-hetero) is 1. The number of aryl methyl sites for hydroxylation is 1. The summed E-state index contributed by atoms with van der Waals surface area (Å²) in [6.07, 6.45) is 7.44.